The van der Waals surface area contributed by atoms with E-state index in [0.29, 0.717) is 30.5 Å². The van der Waals surface area contributed by atoms with Crippen LogP contribution in [0.3, 0.4) is 0 Å². The van der Waals surface area contributed by atoms with E-state index in [1.54, 1.807) is 45.0 Å². The Morgan fingerprint density at radius 2 is 1.84 bits per heavy atom. The van der Waals surface area contributed by atoms with E-state index in [1.165, 1.54) is 0 Å². The molecule has 1 aromatic rings. The van der Waals surface area contributed by atoms with Gasteiger partial charge in [0, 0.05) is 11.6 Å². The number of carboxylic acid groups (broad SMARTS) is 1. The van der Waals surface area contributed by atoms with E-state index in [1.807, 2.05) is 0 Å². The number of aliphatic carboxylic acids is 1. The summed E-state index contributed by atoms with van der Waals surface area (Å²) in [7, 11) is -3.31. The third kappa shape index (κ3) is 4.81. The topological polar surface area (TPSA) is 101 Å². The molecular weight excluding hydrogens is 342 g/mol. The van der Waals surface area contributed by atoms with Gasteiger partial charge in [-0.2, -0.15) is 0 Å². The van der Waals surface area contributed by atoms with Crippen LogP contribution in [-0.2, 0) is 25.2 Å². The van der Waals surface area contributed by atoms with Crippen LogP contribution in [0.25, 0.3) is 0 Å². The summed E-state index contributed by atoms with van der Waals surface area (Å²) in [4.78, 5) is 23.3. The van der Waals surface area contributed by atoms with Crippen LogP contribution in [0.15, 0.2) is 24.3 Å². The number of hydrogen-bond acceptors (Lipinski definition) is 4. The Balaban J connectivity index is 2.05. The normalized spacial score (nSPS) is 21.1. The number of rotatable bonds is 5. The Morgan fingerprint density at radius 1 is 1.20 bits per heavy atom. The average Bonchev–Trinajstić information content (AvgIpc) is 2.96. The van der Waals surface area contributed by atoms with Crippen molar-refractivity contribution in [2.24, 2.45) is 11.8 Å². The van der Waals surface area contributed by atoms with Crippen molar-refractivity contribution >= 4 is 27.4 Å². The lowest BCUT2D eigenvalue weighted by molar-refractivity contribution is -0.141. The molecule has 0 heterocycles. The zero-order valence-electron chi connectivity index (χ0n) is 14.8. The summed E-state index contributed by atoms with van der Waals surface area (Å²) in [6.45, 7) is 4.98. The number of carboxylic acids is 1. The first kappa shape index (κ1) is 19.4. The molecule has 0 spiro atoms. The minimum atomic E-state index is -3.31. The second kappa shape index (κ2) is 7.15. The largest absolute Gasteiger partial charge is 0.481 e. The summed E-state index contributed by atoms with van der Waals surface area (Å²) < 4.78 is 23.8. The third-order valence-electron chi connectivity index (χ3n) is 4.64. The van der Waals surface area contributed by atoms with Gasteiger partial charge in [-0.15, -0.1) is 0 Å². The van der Waals surface area contributed by atoms with Crippen LogP contribution < -0.4 is 5.32 Å². The molecule has 1 fully saturated rings. The molecule has 138 valence electrons. The zero-order chi connectivity index (χ0) is 18.8. The highest BCUT2D eigenvalue weighted by atomic mass is 32.2. The van der Waals surface area contributed by atoms with Gasteiger partial charge in [0.25, 0.3) is 0 Å². The fourth-order valence-electron chi connectivity index (χ4n) is 2.86. The Bertz CT molecular complexity index is 764. The van der Waals surface area contributed by atoms with Gasteiger partial charge in [-0.1, -0.05) is 12.1 Å². The van der Waals surface area contributed by atoms with Crippen molar-refractivity contribution in [2.45, 2.75) is 50.5 Å². The second-order valence-corrected chi connectivity index (χ2v) is 10.3. The van der Waals surface area contributed by atoms with Crippen molar-refractivity contribution < 1.29 is 23.1 Å². The van der Waals surface area contributed by atoms with E-state index in [-0.39, 0.29) is 17.6 Å². The van der Waals surface area contributed by atoms with Crippen molar-refractivity contribution in [3.8, 4) is 0 Å². The molecule has 1 aromatic carbocycles. The SMILES string of the molecule is CC(C)(C)S(=O)(=O)Cc1cccc(NC(=O)[C@@H]2CC[C@H](C(=O)O)C2)c1. The second-order valence-electron chi connectivity index (χ2n) is 7.61. The Labute approximate surface area is 148 Å². The zero-order valence-corrected chi connectivity index (χ0v) is 15.6. The molecule has 25 heavy (non-hydrogen) atoms. The number of amides is 1. The lowest BCUT2D eigenvalue weighted by atomic mass is 10.0. The predicted molar refractivity (Wildman–Crippen MR) is 95.9 cm³/mol. The first-order chi connectivity index (χ1) is 11.5. The minimum absolute atomic E-state index is 0.0925. The highest BCUT2D eigenvalue weighted by molar-refractivity contribution is 7.91. The molecule has 1 amide bonds. The summed E-state index contributed by atoms with van der Waals surface area (Å²) >= 11 is 0. The summed E-state index contributed by atoms with van der Waals surface area (Å²) in [5.41, 5.74) is 1.15. The quantitative estimate of drug-likeness (QED) is 0.833. The number of anilines is 1. The van der Waals surface area contributed by atoms with E-state index >= 15 is 0 Å². The Kier molecular flexibility index (Phi) is 5.56. The monoisotopic (exact) mass is 367 g/mol. The van der Waals surface area contributed by atoms with Crippen LogP contribution in [0, 0.1) is 11.8 Å². The molecule has 2 rings (SSSR count). The smallest absolute Gasteiger partial charge is 0.306 e. The third-order valence-corrected chi connectivity index (χ3v) is 7.22. The van der Waals surface area contributed by atoms with E-state index in [4.69, 9.17) is 5.11 Å². The first-order valence-corrected chi connectivity index (χ1v) is 10.00. The first-order valence-electron chi connectivity index (χ1n) is 8.34. The standard InChI is InChI=1S/C18H25NO5S/c1-18(2,3)25(23,24)11-12-5-4-6-15(9-12)19-16(20)13-7-8-14(10-13)17(21)22/h4-6,9,13-14H,7-8,10-11H2,1-3H3,(H,19,20)(H,21,22)/t13-,14+/m1/s1. The summed E-state index contributed by atoms with van der Waals surface area (Å²) in [6, 6.07) is 6.78. The highest BCUT2D eigenvalue weighted by Crippen LogP contribution is 2.32. The van der Waals surface area contributed by atoms with Crippen LogP contribution >= 0.6 is 0 Å². The molecule has 6 nitrogen and oxygen atoms in total. The van der Waals surface area contributed by atoms with Gasteiger partial charge >= 0.3 is 5.97 Å². The predicted octanol–water partition coefficient (Wildman–Crippen LogP) is 2.84. The van der Waals surface area contributed by atoms with Crippen LogP contribution in [0.2, 0.25) is 0 Å². The number of sulfone groups is 1. The fourth-order valence-corrected chi connectivity index (χ4v) is 3.91. The van der Waals surface area contributed by atoms with E-state index in [2.05, 4.69) is 5.32 Å². The molecule has 2 atom stereocenters. The number of benzene rings is 1. The number of carbonyl (C=O) groups excluding carboxylic acids is 1. The van der Waals surface area contributed by atoms with Crippen molar-refractivity contribution in [1.29, 1.82) is 0 Å². The molecule has 2 N–H and O–H groups in total. The van der Waals surface area contributed by atoms with Crippen LogP contribution in [0.4, 0.5) is 5.69 Å². The van der Waals surface area contributed by atoms with Crippen molar-refractivity contribution in [3.05, 3.63) is 29.8 Å². The highest BCUT2D eigenvalue weighted by Gasteiger charge is 2.34. The van der Waals surface area contributed by atoms with Crippen molar-refractivity contribution in [2.75, 3.05) is 5.32 Å². The number of nitrogens with one attached hydrogen (secondary N) is 1. The van der Waals surface area contributed by atoms with Crippen LogP contribution in [-0.4, -0.2) is 30.1 Å². The lowest BCUT2D eigenvalue weighted by Crippen LogP contribution is -2.29. The van der Waals surface area contributed by atoms with Gasteiger partial charge in [0.2, 0.25) is 5.91 Å². The number of carbonyl (C=O) groups is 2. The molecule has 0 aliphatic heterocycles. The average molecular weight is 367 g/mol. The molecule has 0 saturated heterocycles. The van der Waals surface area contributed by atoms with E-state index in [0.717, 1.165) is 0 Å². The van der Waals surface area contributed by atoms with Crippen LogP contribution in [0.1, 0.15) is 45.6 Å². The molecule has 1 aliphatic carbocycles. The van der Waals surface area contributed by atoms with Gasteiger partial charge in [-0.25, -0.2) is 8.42 Å². The van der Waals surface area contributed by atoms with Gasteiger partial charge in [0.15, 0.2) is 9.84 Å². The summed E-state index contributed by atoms with van der Waals surface area (Å²) in [5.74, 6) is -1.93. The van der Waals surface area contributed by atoms with Crippen molar-refractivity contribution in [1.82, 2.24) is 0 Å². The van der Waals surface area contributed by atoms with Gasteiger partial charge in [0.1, 0.15) is 0 Å². The molecule has 0 unspecified atom stereocenters. The molecule has 0 bridgehead atoms. The molecule has 0 aromatic heterocycles. The maximum absolute atomic E-state index is 12.3. The summed E-state index contributed by atoms with van der Waals surface area (Å²) in [5, 5.41) is 11.8. The minimum Gasteiger partial charge on any atom is -0.481 e. The van der Waals surface area contributed by atoms with Crippen LogP contribution in [0.5, 0.6) is 0 Å². The Hall–Kier alpha value is -1.89. The van der Waals surface area contributed by atoms with Gasteiger partial charge in [0.05, 0.1) is 16.4 Å². The molecule has 7 heteroatoms. The lowest BCUT2D eigenvalue weighted by Gasteiger charge is -2.19. The van der Waals surface area contributed by atoms with E-state index < -0.39 is 26.5 Å². The molecule has 0 radical (unpaired) electrons. The van der Waals surface area contributed by atoms with Crippen molar-refractivity contribution in [3.63, 3.8) is 0 Å². The maximum Gasteiger partial charge on any atom is 0.306 e. The fraction of sp³-hybridized carbons (Fsp3) is 0.556. The molecular formula is C18H25NO5S. The number of hydrogen-bond donors (Lipinski definition) is 2. The van der Waals surface area contributed by atoms with Gasteiger partial charge in [-0.05, 0) is 57.7 Å². The molecule has 1 aliphatic rings. The molecule has 1 saturated carbocycles. The van der Waals surface area contributed by atoms with Gasteiger partial charge in [-0.3, -0.25) is 9.59 Å². The Morgan fingerprint density at radius 3 is 2.40 bits per heavy atom. The maximum atomic E-state index is 12.3. The van der Waals surface area contributed by atoms with E-state index in [9.17, 15) is 18.0 Å². The van der Waals surface area contributed by atoms with Gasteiger partial charge < -0.3 is 10.4 Å². The summed E-state index contributed by atoms with van der Waals surface area (Å²) in [6.07, 6.45) is 1.41.